The Morgan fingerprint density at radius 2 is 1.72 bits per heavy atom. The lowest BCUT2D eigenvalue weighted by molar-refractivity contribution is -0.114. The van der Waals surface area contributed by atoms with Crippen molar-refractivity contribution in [3.8, 4) is 5.75 Å². The summed E-state index contributed by atoms with van der Waals surface area (Å²) in [6, 6.07) is 14.9. The molecule has 10 heteroatoms. The molecule has 0 spiro atoms. The fourth-order valence-corrected chi connectivity index (χ4v) is 5.32. The van der Waals surface area contributed by atoms with E-state index in [4.69, 9.17) is 9.84 Å². The standard InChI is InChI=1S/C22H27N3O6S/c1-16(26)23-19-9-5-6-10-21(19)31-18-11-13-25(14-12-18)32(29,30)15-20(24-22(27)28)17-7-3-2-4-8-17/h2-10,18,20,24H,11-15H2,1H3,(H,23,26)(H,27,28). The van der Waals surface area contributed by atoms with Gasteiger partial charge in [0, 0.05) is 20.0 Å². The van der Waals surface area contributed by atoms with Crippen LogP contribution in [0.3, 0.4) is 0 Å². The highest BCUT2D eigenvalue weighted by molar-refractivity contribution is 7.89. The first-order valence-corrected chi connectivity index (χ1v) is 11.9. The van der Waals surface area contributed by atoms with Crippen LogP contribution in [0, 0.1) is 0 Å². The lowest BCUT2D eigenvalue weighted by Gasteiger charge is -2.32. The van der Waals surface area contributed by atoms with Gasteiger partial charge in [-0.25, -0.2) is 17.5 Å². The highest BCUT2D eigenvalue weighted by Gasteiger charge is 2.32. The number of piperidine rings is 1. The Balaban J connectivity index is 1.62. The maximum absolute atomic E-state index is 13.0. The van der Waals surface area contributed by atoms with Crippen molar-refractivity contribution >= 4 is 27.7 Å². The molecule has 1 saturated heterocycles. The van der Waals surface area contributed by atoms with E-state index in [0.717, 1.165) is 0 Å². The highest BCUT2D eigenvalue weighted by atomic mass is 32.2. The van der Waals surface area contributed by atoms with Gasteiger partial charge in [-0.15, -0.1) is 0 Å². The average molecular weight is 462 g/mol. The molecule has 9 nitrogen and oxygen atoms in total. The quantitative estimate of drug-likeness (QED) is 0.555. The number of anilines is 1. The van der Waals surface area contributed by atoms with Crippen LogP contribution >= 0.6 is 0 Å². The molecule has 0 aliphatic carbocycles. The Bertz CT molecular complexity index is 1040. The second kappa shape index (κ2) is 10.5. The zero-order chi connectivity index (χ0) is 23.1. The van der Waals surface area contributed by atoms with E-state index >= 15 is 0 Å². The molecule has 0 bridgehead atoms. The lowest BCUT2D eigenvalue weighted by atomic mass is 10.1. The number of hydrogen-bond donors (Lipinski definition) is 3. The summed E-state index contributed by atoms with van der Waals surface area (Å²) in [4.78, 5) is 22.6. The molecule has 1 aliphatic heterocycles. The number of amides is 2. The minimum absolute atomic E-state index is 0.196. The van der Waals surface area contributed by atoms with E-state index in [1.807, 2.05) is 0 Å². The SMILES string of the molecule is CC(=O)Nc1ccccc1OC1CCN(S(=O)(=O)CC(NC(=O)O)c2ccccc2)CC1. The van der Waals surface area contributed by atoms with Crippen LogP contribution < -0.4 is 15.4 Å². The molecule has 2 aromatic rings. The number of nitrogens with zero attached hydrogens (tertiary/aromatic N) is 1. The molecule has 1 fully saturated rings. The average Bonchev–Trinajstić information content (AvgIpc) is 2.75. The van der Waals surface area contributed by atoms with E-state index in [9.17, 15) is 18.0 Å². The van der Waals surface area contributed by atoms with Crippen molar-refractivity contribution in [2.24, 2.45) is 0 Å². The lowest BCUT2D eigenvalue weighted by Crippen LogP contribution is -2.45. The Labute approximate surface area is 187 Å². The number of hydrogen-bond acceptors (Lipinski definition) is 5. The minimum atomic E-state index is -3.70. The molecule has 1 aliphatic rings. The zero-order valence-electron chi connectivity index (χ0n) is 17.7. The van der Waals surface area contributed by atoms with Crippen LogP contribution in [0.5, 0.6) is 5.75 Å². The van der Waals surface area contributed by atoms with Crippen LogP contribution in [0.15, 0.2) is 54.6 Å². The monoisotopic (exact) mass is 461 g/mol. The summed E-state index contributed by atoms with van der Waals surface area (Å²) in [7, 11) is -3.70. The maximum atomic E-state index is 13.0. The van der Waals surface area contributed by atoms with Crippen molar-refractivity contribution in [1.29, 1.82) is 0 Å². The fraction of sp³-hybridized carbons (Fsp3) is 0.364. The molecule has 3 N–H and O–H groups in total. The maximum Gasteiger partial charge on any atom is 0.405 e. The van der Waals surface area contributed by atoms with Crippen molar-refractivity contribution < 1.29 is 27.9 Å². The first kappa shape index (κ1) is 23.6. The molecule has 0 radical (unpaired) electrons. The van der Waals surface area contributed by atoms with Gasteiger partial charge in [-0.3, -0.25) is 4.79 Å². The molecule has 0 aromatic heterocycles. The van der Waals surface area contributed by atoms with Gasteiger partial charge in [-0.2, -0.15) is 0 Å². The number of benzene rings is 2. The third kappa shape index (κ3) is 6.44. The second-order valence-electron chi connectivity index (χ2n) is 7.58. The van der Waals surface area contributed by atoms with E-state index in [1.165, 1.54) is 11.2 Å². The van der Waals surface area contributed by atoms with Gasteiger partial charge in [-0.1, -0.05) is 42.5 Å². The third-order valence-corrected chi connectivity index (χ3v) is 7.07. The van der Waals surface area contributed by atoms with Gasteiger partial charge in [0.1, 0.15) is 11.9 Å². The normalized spacial score (nSPS) is 16.2. The summed E-state index contributed by atoms with van der Waals surface area (Å²) in [5.41, 5.74) is 1.16. The first-order valence-electron chi connectivity index (χ1n) is 10.3. The van der Waals surface area contributed by atoms with Crippen LogP contribution in [-0.2, 0) is 14.8 Å². The highest BCUT2D eigenvalue weighted by Crippen LogP contribution is 2.28. The predicted molar refractivity (Wildman–Crippen MR) is 120 cm³/mol. The van der Waals surface area contributed by atoms with Crippen LogP contribution in [-0.4, -0.2) is 54.8 Å². The fourth-order valence-electron chi connectivity index (χ4n) is 3.64. The zero-order valence-corrected chi connectivity index (χ0v) is 18.5. The number of para-hydroxylation sites is 2. The van der Waals surface area contributed by atoms with Gasteiger partial charge in [0.05, 0.1) is 17.5 Å². The summed E-state index contributed by atoms with van der Waals surface area (Å²) in [6.07, 6.45) is -0.510. The summed E-state index contributed by atoms with van der Waals surface area (Å²) < 4.78 is 33.4. The Kier molecular flexibility index (Phi) is 7.70. The number of rotatable bonds is 8. The summed E-state index contributed by atoms with van der Waals surface area (Å²) >= 11 is 0. The molecule has 3 rings (SSSR count). The summed E-state index contributed by atoms with van der Waals surface area (Å²) in [5, 5.41) is 14.2. The van der Waals surface area contributed by atoms with E-state index in [1.54, 1.807) is 54.6 Å². The number of carbonyl (C=O) groups is 2. The van der Waals surface area contributed by atoms with Gasteiger partial charge in [0.15, 0.2) is 0 Å². The van der Waals surface area contributed by atoms with Crippen molar-refractivity contribution in [2.45, 2.75) is 31.9 Å². The van der Waals surface area contributed by atoms with Gasteiger partial charge in [0.25, 0.3) is 0 Å². The Morgan fingerprint density at radius 3 is 2.34 bits per heavy atom. The van der Waals surface area contributed by atoms with Gasteiger partial charge in [0.2, 0.25) is 15.9 Å². The largest absolute Gasteiger partial charge is 0.488 e. The molecule has 2 amide bonds. The van der Waals surface area contributed by atoms with Crippen molar-refractivity contribution in [1.82, 2.24) is 9.62 Å². The van der Waals surface area contributed by atoms with Crippen molar-refractivity contribution in [3.63, 3.8) is 0 Å². The molecule has 172 valence electrons. The van der Waals surface area contributed by atoms with E-state index in [-0.39, 0.29) is 30.9 Å². The molecular weight excluding hydrogens is 434 g/mol. The van der Waals surface area contributed by atoms with Crippen LogP contribution in [0.25, 0.3) is 0 Å². The van der Waals surface area contributed by atoms with Crippen LogP contribution in [0.1, 0.15) is 31.4 Å². The molecule has 1 atom stereocenters. The van der Waals surface area contributed by atoms with Crippen LogP contribution in [0.2, 0.25) is 0 Å². The number of carboxylic acid groups (broad SMARTS) is 1. The molecule has 1 unspecified atom stereocenters. The van der Waals surface area contributed by atoms with Gasteiger partial charge >= 0.3 is 6.09 Å². The number of nitrogens with one attached hydrogen (secondary N) is 2. The van der Waals surface area contributed by atoms with Crippen molar-refractivity contribution in [2.75, 3.05) is 24.2 Å². The molecule has 2 aromatic carbocycles. The van der Waals surface area contributed by atoms with Gasteiger partial charge < -0.3 is 20.5 Å². The second-order valence-corrected chi connectivity index (χ2v) is 9.60. The van der Waals surface area contributed by atoms with Crippen LogP contribution in [0.4, 0.5) is 10.5 Å². The summed E-state index contributed by atoms with van der Waals surface area (Å²) in [5.74, 6) is -0.0241. The summed E-state index contributed by atoms with van der Waals surface area (Å²) in [6.45, 7) is 1.95. The Morgan fingerprint density at radius 1 is 1.09 bits per heavy atom. The topological polar surface area (TPSA) is 125 Å². The molecule has 1 heterocycles. The third-order valence-electron chi connectivity index (χ3n) is 5.16. The predicted octanol–water partition coefficient (Wildman–Crippen LogP) is 2.83. The molecule has 0 saturated carbocycles. The van der Waals surface area contributed by atoms with E-state index in [2.05, 4.69) is 10.6 Å². The first-order chi connectivity index (χ1) is 15.2. The smallest absolute Gasteiger partial charge is 0.405 e. The number of ether oxygens (including phenoxy) is 1. The van der Waals surface area contributed by atoms with Crippen molar-refractivity contribution in [3.05, 3.63) is 60.2 Å². The number of sulfonamides is 1. The molecular formula is C22H27N3O6S. The Hall–Kier alpha value is -3.11. The molecule has 32 heavy (non-hydrogen) atoms. The minimum Gasteiger partial charge on any atom is -0.488 e. The number of carbonyl (C=O) groups excluding carboxylic acids is 1. The van der Waals surface area contributed by atoms with E-state index < -0.39 is 22.2 Å². The van der Waals surface area contributed by atoms with Gasteiger partial charge in [-0.05, 0) is 30.5 Å². The van der Waals surface area contributed by atoms with E-state index in [0.29, 0.717) is 29.8 Å².